The summed E-state index contributed by atoms with van der Waals surface area (Å²) < 4.78 is 4.72. The van der Waals surface area contributed by atoms with E-state index in [2.05, 4.69) is 113 Å². The van der Waals surface area contributed by atoms with Crippen LogP contribution < -0.4 is 0 Å². The summed E-state index contributed by atoms with van der Waals surface area (Å²) in [5.41, 5.74) is 9.18. The molecule has 5 heterocycles. The highest BCUT2D eigenvalue weighted by atomic mass is 15.2. The minimum Gasteiger partial charge on any atom is -0.327 e. The van der Waals surface area contributed by atoms with Gasteiger partial charge in [-0.25, -0.2) is 15.0 Å². The molecule has 204 valence electrons. The molecule has 2 aliphatic heterocycles. The third-order valence-corrected chi connectivity index (χ3v) is 9.10. The smallest absolute Gasteiger partial charge is 0.160 e. The third kappa shape index (κ3) is 4.54. The minimum absolute atomic E-state index is 0.557. The van der Waals surface area contributed by atoms with Gasteiger partial charge in [-0.05, 0) is 74.4 Å². The Morgan fingerprint density at radius 2 is 1.70 bits per heavy atom. The number of benzene rings is 2. The quantitative estimate of drug-likeness (QED) is 0.230. The van der Waals surface area contributed by atoms with Gasteiger partial charge >= 0.3 is 0 Å². The number of imidazole rings is 2. The molecule has 40 heavy (non-hydrogen) atoms. The molecule has 5 aromatic rings. The van der Waals surface area contributed by atoms with Gasteiger partial charge in [-0.15, -0.1) is 0 Å². The highest BCUT2D eigenvalue weighted by Crippen LogP contribution is 2.41. The molecule has 3 atom stereocenters. The zero-order valence-electron chi connectivity index (χ0n) is 23.8. The average Bonchev–Trinajstić information content (AvgIpc) is 3.61. The van der Waals surface area contributed by atoms with Crippen LogP contribution in [-0.4, -0.2) is 47.6 Å². The normalized spacial score (nSPS) is 21.3. The molecule has 2 bridgehead atoms. The first kappa shape index (κ1) is 25.2. The van der Waals surface area contributed by atoms with Crippen molar-refractivity contribution in [1.82, 2.24) is 29.0 Å². The van der Waals surface area contributed by atoms with Crippen LogP contribution >= 0.6 is 0 Å². The lowest BCUT2D eigenvalue weighted by Crippen LogP contribution is -2.43. The van der Waals surface area contributed by atoms with Gasteiger partial charge < -0.3 is 9.13 Å². The molecule has 2 unspecified atom stereocenters. The van der Waals surface area contributed by atoms with E-state index in [0.29, 0.717) is 18.1 Å². The van der Waals surface area contributed by atoms with Gasteiger partial charge in [0.2, 0.25) is 0 Å². The first-order valence-electron chi connectivity index (χ1n) is 14.8. The lowest BCUT2D eigenvalue weighted by Gasteiger charge is -2.39. The summed E-state index contributed by atoms with van der Waals surface area (Å²) >= 11 is 0. The molecule has 0 amide bonds. The molecular weight excluding hydrogens is 492 g/mol. The first-order chi connectivity index (χ1) is 19.6. The minimum atomic E-state index is 0.557. The molecule has 0 saturated carbocycles. The van der Waals surface area contributed by atoms with Gasteiger partial charge in [0.05, 0.1) is 23.9 Å². The van der Waals surface area contributed by atoms with Crippen molar-refractivity contribution in [3.05, 3.63) is 95.2 Å². The van der Waals surface area contributed by atoms with Crippen molar-refractivity contribution >= 4 is 28.3 Å². The number of hydrogen-bond acceptors (Lipinski definition) is 4. The second-order valence-corrected chi connectivity index (χ2v) is 11.7. The van der Waals surface area contributed by atoms with Gasteiger partial charge in [-0.1, -0.05) is 55.5 Å². The van der Waals surface area contributed by atoms with E-state index in [1.165, 1.54) is 47.9 Å². The van der Waals surface area contributed by atoms with Crippen LogP contribution in [0.15, 0.2) is 67.0 Å². The Hall–Kier alpha value is -3.77. The SMILES string of the molecule is CCc1nc2c(C)cc(C)nc2n1Cc1ccc(/C=C/CN2C3CC[C@H]2CC(n2cnc4ccccc42)C3)cc1. The molecule has 3 aromatic heterocycles. The van der Waals surface area contributed by atoms with E-state index in [1.54, 1.807) is 0 Å². The zero-order chi connectivity index (χ0) is 27.2. The lowest BCUT2D eigenvalue weighted by molar-refractivity contribution is 0.122. The number of rotatable bonds is 7. The molecule has 0 radical (unpaired) electrons. The Labute approximate surface area is 236 Å². The van der Waals surface area contributed by atoms with E-state index in [4.69, 9.17) is 9.97 Å². The van der Waals surface area contributed by atoms with Crippen LogP contribution in [0.1, 0.15) is 66.9 Å². The zero-order valence-corrected chi connectivity index (χ0v) is 23.8. The maximum atomic E-state index is 4.90. The van der Waals surface area contributed by atoms with Gasteiger partial charge in [0.1, 0.15) is 11.3 Å². The van der Waals surface area contributed by atoms with Gasteiger partial charge in [-0.3, -0.25) is 4.90 Å². The number of aromatic nitrogens is 5. The molecule has 2 saturated heterocycles. The summed E-state index contributed by atoms with van der Waals surface area (Å²) in [4.78, 5) is 17.1. The summed E-state index contributed by atoms with van der Waals surface area (Å²) in [5, 5.41) is 0. The van der Waals surface area contributed by atoms with Crippen LogP contribution in [0.2, 0.25) is 0 Å². The monoisotopic (exact) mass is 530 g/mol. The fourth-order valence-electron chi connectivity index (χ4n) is 7.15. The van der Waals surface area contributed by atoms with Gasteiger partial charge in [0, 0.05) is 36.8 Å². The number of hydrogen-bond donors (Lipinski definition) is 0. The Kier molecular flexibility index (Phi) is 6.51. The van der Waals surface area contributed by atoms with E-state index in [0.717, 1.165) is 47.7 Å². The molecule has 2 aliphatic rings. The van der Waals surface area contributed by atoms with Crippen LogP contribution in [0, 0.1) is 13.8 Å². The molecule has 2 fully saturated rings. The van der Waals surface area contributed by atoms with Crippen LogP contribution in [0.3, 0.4) is 0 Å². The summed E-state index contributed by atoms with van der Waals surface area (Å²) in [6, 6.07) is 21.5. The van der Waals surface area contributed by atoms with Crippen molar-refractivity contribution in [2.45, 2.75) is 77.5 Å². The molecule has 0 aliphatic carbocycles. The van der Waals surface area contributed by atoms with Crippen LogP contribution in [0.25, 0.3) is 28.3 Å². The number of pyridine rings is 1. The molecule has 0 N–H and O–H groups in total. The van der Waals surface area contributed by atoms with Gasteiger partial charge in [0.25, 0.3) is 0 Å². The maximum absolute atomic E-state index is 4.90. The standard InChI is InChI=1S/C34H38N6/c1-4-32-37-33-23(2)18-24(3)36-34(33)39(32)21-26-13-11-25(12-14-26)8-7-17-38-27-15-16-28(38)20-29(19-27)40-22-35-30-9-5-6-10-31(30)40/h5-14,18,22,27-29H,4,15-17,19-21H2,1-3H3/b8-7+/t27-,28?,29?/m0/s1. The van der Waals surface area contributed by atoms with Crippen LogP contribution in [-0.2, 0) is 13.0 Å². The fraction of sp³-hybridized carbons (Fsp3) is 0.382. The predicted octanol–water partition coefficient (Wildman–Crippen LogP) is 6.89. The van der Waals surface area contributed by atoms with Crippen molar-refractivity contribution in [3.8, 4) is 0 Å². The largest absolute Gasteiger partial charge is 0.327 e. The summed E-state index contributed by atoms with van der Waals surface area (Å²) in [7, 11) is 0. The first-order valence-corrected chi connectivity index (χ1v) is 14.8. The predicted molar refractivity (Wildman–Crippen MR) is 162 cm³/mol. The van der Waals surface area contributed by atoms with Crippen molar-refractivity contribution < 1.29 is 0 Å². The number of para-hydroxylation sites is 2. The Bertz CT molecular complexity index is 1680. The Morgan fingerprint density at radius 1 is 0.925 bits per heavy atom. The van der Waals surface area contributed by atoms with E-state index in [9.17, 15) is 0 Å². The van der Waals surface area contributed by atoms with Crippen molar-refractivity contribution in [2.24, 2.45) is 0 Å². The molecule has 2 aromatic carbocycles. The maximum Gasteiger partial charge on any atom is 0.160 e. The summed E-state index contributed by atoms with van der Waals surface area (Å²) in [6.07, 6.45) is 12.7. The van der Waals surface area contributed by atoms with Crippen molar-refractivity contribution in [2.75, 3.05) is 6.54 Å². The lowest BCUT2D eigenvalue weighted by atomic mass is 9.96. The van der Waals surface area contributed by atoms with Gasteiger partial charge in [0.15, 0.2) is 5.65 Å². The molecule has 6 nitrogen and oxygen atoms in total. The van der Waals surface area contributed by atoms with E-state index < -0.39 is 0 Å². The van der Waals surface area contributed by atoms with Crippen LogP contribution in [0.4, 0.5) is 0 Å². The Morgan fingerprint density at radius 3 is 2.48 bits per heavy atom. The number of fused-ring (bicyclic) bond motifs is 4. The molecule has 6 heteroatoms. The number of nitrogens with zero attached hydrogens (tertiary/aromatic N) is 6. The highest BCUT2D eigenvalue weighted by Gasteiger charge is 2.40. The average molecular weight is 531 g/mol. The van der Waals surface area contributed by atoms with E-state index >= 15 is 0 Å². The topological polar surface area (TPSA) is 51.8 Å². The van der Waals surface area contributed by atoms with E-state index in [1.807, 2.05) is 0 Å². The molecular formula is C34H38N6. The Balaban J connectivity index is 1.01. The van der Waals surface area contributed by atoms with Crippen molar-refractivity contribution in [1.29, 1.82) is 0 Å². The van der Waals surface area contributed by atoms with Gasteiger partial charge in [-0.2, -0.15) is 0 Å². The molecule has 7 rings (SSSR count). The van der Waals surface area contributed by atoms with Crippen LogP contribution in [0.5, 0.6) is 0 Å². The second-order valence-electron chi connectivity index (χ2n) is 11.7. The summed E-state index contributed by atoms with van der Waals surface area (Å²) in [6.45, 7) is 8.18. The molecule has 0 spiro atoms. The highest BCUT2D eigenvalue weighted by molar-refractivity contribution is 5.76. The second kappa shape index (κ2) is 10.3. The third-order valence-electron chi connectivity index (χ3n) is 9.10. The number of aryl methyl sites for hydroxylation is 3. The fourth-order valence-corrected chi connectivity index (χ4v) is 7.15. The van der Waals surface area contributed by atoms with Crippen molar-refractivity contribution in [3.63, 3.8) is 0 Å². The summed E-state index contributed by atoms with van der Waals surface area (Å²) in [5.74, 6) is 1.10. The number of piperidine rings is 1. The van der Waals surface area contributed by atoms with E-state index in [-0.39, 0.29) is 0 Å².